The van der Waals surface area contributed by atoms with Crippen LogP contribution < -0.4 is 10.5 Å². The lowest BCUT2D eigenvalue weighted by atomic mass is 10.0. The van der Waals surface area contributed by atoms with E-state index in [0.717, 1.165) is 12.8 Å². The van der Waals surface area contributed by atoms with E-state index in [1.807, 2.05) is 24.8 Å². The monoisotopic (exact) mass is 311 g/mol. The first-order valence-electron chi connectivity index (χ1n) is 7.30. The summed E-state index contributed by atoms with van der Waals surface area (Å²) in [4.78, 5) is 18.0. The number of carbonyl (C=O) groups excluding carboxylic acids is 1. The Bertz CT molecular complexity index is 470. The molecule has 2 rings (SSSR count). The highest BCUT2D eigenvalue weighted by Gasteiger charge is 2.28. The lowest BCUT2D eigenvalue weighted by Gasteiger charge is -2.34. The van der Waals surface area contributed by atoms with Crippen molar-refractivity contribution in [3.63, 3.8) is 0 Å². The molecule has 1 atom stereocenters. The number of rotatable bonds is 4. The van der Waals surface area contributed by atoms with Crippen molar-refractivity contribution in [1.29, 1.82) is 0 Å². The van der Waals surface area contributed by atoms with Gasteiger partial charge in [-0.05, 0) is 18.1 Å². The van der Waals surface area contributed by atoms with E-state index in [2.05, 4.69) is 4.98 Å². The summed E-state index contributed by atoms with van der Waals surface area (Å²) in [5.74, 6) is 0.909. The van der Waals surface area contributed by atoms with Gasteiger partial charge >= 0.3 is 0 Å². The van der Waals surface area contributed by atoms with Crippen molar-refractivity contribution < 1.29 is 9.53 Å². The molecule has 0 saturated carbocycles. The van der Waals surface area contributed by atoms with Gasteiger partial charge < -0.3 is 15.4 Å². The fourth-order valence-corrected chi connectivity index (χ4v) is 2.43. The van der Waals surface area contributed by atoms with Crippen LogP contribution in [0.5, 0.6) is 5.75 Å². The van der Waals surface area contributed by atoms with Crippen molar-refractivity contribution in [2.24, 2.45) is 11.7 Å². The number of halogens is 1. The van der Waals surface area contributed by atoms with Gasteiger partial charge in [0, 0.05) is 25.9 Å². The number of aromatic nitrogens is 1. The normalized spacial score (nSPS) is 17.9. The summed E-state index contributed by atoms with van der Waals surface area (Å²) in [6, 6.07) is 3.10. The molecule has 2 heterocycles. The molecule has 0 bridgehead atoms. The van der Waals surface area contributed by atoms with Gasteiger partial charge in [-0.2, -0.15) is 0 Å². The van der Waals surface area contributed by atoms with E-state index in [1.165, 1.54) is 0 Å². The minimum absolute atomic E-state index is 0.0385. The van der Waals surface area contributed by atoms with Gasteiger partial charge in [-0.15, -0.1) is 0 Å². The molecule has 1 aromatic heterocycles. The third-order valence-corrected chi connectivity index (χ3v) is 3.98. The molecule has 0 unspecified atom stereocenters. The lowest BCUT2D eigenvalue weighted by Crippen LogP contribution is -2.50. The second-order valence-electron chi connectivity index (χ2n) is 5.73. The molecular weight excluding hydrogens is 290 g/mol. The SMILES string of the molecule is CC(C)[C@H](N)C(=O)N1CCC(Oc2ccc(Cl)nc2)CC1. The van der Waals surface area contributed by atoms with E-state index in [4.69, 9.17) is 22.1 Å². The number of nitrogens with zero attached hydrogens (tertiary/aromatic N) is 2. The number of likely N-dealkylation sites (tertiary alicyclic amines) is 1. The Hall–Kier alpha value is -1.33. The van der Waals surface area contributed by atoms with Crippen molar-refractivity contribution >= 4 is 17.5 Å². The van der Waals surface area contributed by atoms with Crippen LogP contribution in [0.2, 0.25) is 5.15 Å². The minimum atomic E-state index is -0.414. The quantitative estimate of drug-likeness (QED) is 0.865. The number of amides is 1. The molecule has 0 radical (unpaired) electrons. The van der Waals surface area contributed by atoms with E-state index >= 15 is 0 Å². The van der Waals surface area contributed by atoms with Crippen LogP contribution in [-0.2, 0) is 4.79 Å². The number of carbonyl (C=O) groups is 1. The summed E-state index contributed by atoms with van der Waals surface area (Å²) in [6.45, 7) is 5.30. The zero-order valence-corrected chi connectivity index (χ0v) is 13.2. The number of nitrogens with two attached hydrogens (primary N) is 1. The van der Waals surface area contributed by atoms with E-state index in [0.29, 0.717) is 24.0 Å². The minimum Gasteiger partial charge on any atom is -0.489 e. The number of pyridine rings is 1. The lowest BCUT2D eigenvalue weighted by molar-refractivity contribution is -0.135. The number of hydrogen-bond acceptors (Lipinski definition) is 4. The van der Waals surface area contributed by atoms with Gasteiger partial charge in [-0.1, -0.05) is 25.4 Å². The molecule has 6 heteroatoms. The molecule has 1 saturated heterocycles. The van der Waals surface area contributed by atoms with Crippen LogP contribution in [0.15, 0.2) is 18.3 Å². The van der Waals surface area contributed by atoms with Crippen molar-refractivity contribution in [2.45, 2.75) is 38.8 Å². The summed E-state index contributed by atoms with van der Waals surface area (Å²) in [5, 5.41) is 0.449. The number of hydrogen-bond donors (Lipinski definition) is 1. The van der Waals surface area contributed by atoms with Gasteiger partial charge in [0.25, 0.3) is 0 Å². The summed E-state index contributed by atoms with van der Waals surface area (Å²) in [6.07, 6.45) is 3.33. The maximum Gasteiger partial charge on any atom is 0.239 e. The summed E-state index contributed by atoms with van der Waals surface area (Å²) in [7, 11) is 0. The molecule has 1 amide bonds. The van der Waals surface area contributed by atoms with E-state index < -0.39 is 6.04 Å². The van der Waals surface area contributed by atoms with Crippen LogP contribution in [-0.4, -0.2) is 41.0 Å². The van der Waals surface area contributed by atoms with Crippen LogP contribution >= 0.6 is 11.6 Å². The zero-order chi connectivity index (χ0) is 15.4. The van der Waals surface area contributed by atoms with Crippen LogP contribution in [0, 0.1) is 5.92 Å². The predicted molar refractivity (Wildman–Crippen MR) is 82.3 cm³/mol. The van der Waals surface area contributed by atoms with Crippen molar-refractivity contribution in [2.75, 3.05) is 13.1 Å². The highest BCUT2D eigenvalue weighted by atomic mass is 35.5. The standard InChI is InChI=1S/C15H22ClN3O2/c1-10(2)14(17)15(20)19-7-5-11(6-8-19)21-12-3-4-13(16)18-9-12/h3-4,9-11,14H,5-8,17H2,1-2H3/t14-/m0/s1. The molecule has 1 fully saturated rings. The highest BCUT2D eigenvalue weighted by molar-refractivity contribution is 6.29. The van der Waals surface area contributed by atoms with Gasteiger partial charge in [-0.25, -0.2) is 4.98 Å². The molecular formula is C15H22ClN3O2. The third-order valence-electron chi connectivity index (χ3n) is 3.76. The van der Waals surface area contributed by atoms with E-state index in [-0.39, 0.29) is 17.9 Å². The van der Waals surface area contributed by atoms with Gasteiger partial charge in [0.2, 0.25) is 5.91 Å². The van der Waals surface area contributed by atoms with E-state index in [1.54, 1.807) is 12.3 Å². The molecule has 21 heavy (non-hydrogen) atoms. The average molecular weight is 312 g/mol. The van der Waals surface area contributed by atoms with Crippen LogP contribution in [0.25, 0.3) is 0 Å². The summed E-state index contributed by atoms with van der Waals surface area (Å²) < 4.78 is 5.86. The second kappa shape index (κ2) is 7.09. The number of ether oxygens (including phenoxy) is 1. The molecule has 0 aromatic carbocycles. The Morgan fingerprint density at radius 2 is 2.10 bits per heavy atom. The maximum atomic E-state index is 12.2. The Kier molecular flexibility index (Phi) is 5.42. The molecule has 5 nitrogen and oxygen atoms in total. The topological polar surface area (TPSA) is 68.5 Å². The Morgan fingerprint density at radius 1 is 1.43 bits per heavy atom. The molecule has 1 aliphatic heterocycles. The maximum absolute atomic E-state index is 12.2. The second-order valence-corrected chi connectivity index (χ2v) is 6.12. The summed E-state index contributed by atoms with van der Waals surface area (Å²) in [5.41, 5.74) is 5.92. The zero-order valence-electron chi connectivity index (χ0n) is 12.5. The molecule has 0 spiro atoms. The highest BCUT2D eigenvalue weighted by Crippen LogP contribution is 2.20. The van der Waals surface area contributed by atoms with Gasteiger partial charge in [0.1, 0.15) is 17.0 Å². The Labute approximate surface area is 130 Å². The third kappa shape index (κ3) is 4.32. The van der Waals surface area contributed by atoms with Crippen LogP contribution in [0.4, 0.5) is 0 Å². The molecule has 1 aliphatic rings. The smallest absolute Gasteiger partial charge is 0.239 e. The van der Waals surface area contributed by atoms with Crippen molar-refractivity contribution in [1.82, 2.24) is 9.88 Å². The predicted octanol–water partition coefficient (Wildman–Crippen LogP) is 2.09. The van der Waals surface area contributed by atoms with Gasteiger partial charge in [0.05, 0.1) is 12.2 Å². The Morgan fingerprint density at radius 3 is 2.62 bits per heavy atom. The average Bonchev–Trinajstić information content (AvgIpc) is 2.49. The van der Waals surface area contributed by atoms with Crippen LogP contribution in [0.3, 0.4) is 0 Å². The molecule has 116 valence electrons. The molecule has 1 aromatic rings. The van der Waals surface area contributed by atoms with Crippen molar-refractivity contribution in [3.8, 4) is 5.75 Å². The van der Waals surface area contributed by atoms with Crippen LogP contribution in [0.1, 0.15) is 26.7 Å². The Balaban J connectivity index is 1.83. The fourth-order valence-electron chi connectivity index (χ4n) is 2.31. The fraction of sp³-hybridized carbons (Fsp3) is 0.600. The van der Waals surface area contributed by atoms with Gasteiger partial charge in [0.15, 0.2) is 0 Å². The first-order chi connectivity index (χ1) is 9.97. The van der Waals surface area contributed by atoms with E-state index in [9.17, 15) is 4.79 Å². The first kappa shape index (κ1) is 16.0. The number of piperidine rings is 1. The largest absolute Gasteiger partial charge is 0.489 e. The molecule has 2 N–H and O–H groups in total. The first-order valence-corrected chi connectivity index (χ1v) is 7.67. The van der Waals surface area contributed by atoms with Crippen molar-refractivity contribution in [3.05, 3.63) is 23.5 Å². The van der Waals surface area contributed by atoms with Gasteiger partial charge in [-0.3, -0.25) is 4.79 Å². The molecule has 0 aliphatic carbocycles. The summed E-state index contributed by atoms with van der Waals surface area (Å²) >= 11 is 5.74.